The molecule has 140 valence electrons. The molecule has 0 unspecified atom stereocenters. The maximum atomic E-state index is 12.5. The van der Waals surface area contributed by atoms with E-state index in [2.05, 4.69) is 57.1 Å². The van der Waals surface area contributed by atoms with Crippen molar-refractivity contribution in [3.8, 4) is 0 Å². The highest BCUT2D eigenvalue weighted by Crippen LogP contribution is 2.19. The molecule has 7 heteroatoms. The van der Waals surface area contributed by atoms with E-state index >= 15 is 0 Å². The number of anilines is 1. The number of nitrogens with one attached hydrogen (secondary N) is 1. The van der Waals surface area contributed by atoms with Crippen LogP contribution in [0.25, 0.3) is 10.9 Å². The van der Waals surface area contributed by atoms with Gasteiger partial charge in [0.1, 0.15) is 11.5 Å². The lowest BCUT2D eigenvalue weighted by molar-refractivity contribution is 0.0299. The Balaban J connectivity index is 1.41. The number of aryl methyl sites for hydroxylation is 1. The van der Waals surface area contributed by atoms with Gasteiger partial charge in [-0.25, -0.2) is 4.98 Å². The molecule has 1 saturated heterocycles. The van der Waals surface area contributed by atoms with Gasteiger partial charge in [0.05, 0.1) is 25.6 Å². The minimum Gasteiger partial charge on any atom is -0.378 e. The third-order valence-corrected chi connectivity index (χ3v) is 4.81. The van der Waals surface area contributed by atoms with Crippen molar-refractivity contribution in [3.05, 3.63) is 54.1 Å². The number of hydrogen-bond donors (Lipinski definition) is 1. The van der Waals surface area contributed by atoms with E-state index in [1.54, 1.807) is 11.1 Å². The molecule has 7 nitrogen and oxygen atoms in total. The van der Waals surface area contributed by atoms with E-state index < -0.39 is 0 Å². The van der Waals surface area contributed by atoms with Crippen molar-refractivity contribution in [3.63, 3.8) is 0 Å². The van der Waals surface area contributed by atoms with Crippen LogP contribution in [0.3, 0.4) is 0 Å². The number of fused-ring (bicyclic) bond motifs is 1. The molecule has 4 rings (SSSR count). The summed E-state index contributed by atoms with van der Waals surface area (Å²) in [5, 5.41) is 4.53. The summed E-state index contributed by atoms with van der Waals surface area (Å²) in [6.07, 6.45) is 3.17. The molecule has 1 aliphatic rings. The fraction of sp³-hybridized carbons (Fsp3) is 0.350. The summed E-state index contributed by atoms with van der Waals surface area (Å²) in [7, 11) is 0. The van der Waals surface area contributed by atoms with Crippen LogP contribution in [0.5, 0.6) is 0 Å². The number of carbonyl (C=O) groups is 1. The highest BCUT2D eigenvalue weighted by Gasteiger charge is 2.20. The molecule has 1 N–H and O–H groups in total. The van der Waals surface area contributed by atoms with Gasteiger partial charge in [-0.05, 0) is 24.4 Å². The van der Waals surface area contributed by atoms with Gasteiger partial charge in [-0.1, -0.05) is 18.2 Å². The maximum Gasteiger partial charge on any atom is 0.274 e. The molecule has 1 fully saturated rings. The van der Waals surface area contributed by atoms with Gasteiger partial charge in [0.15, 0.2) is 0 Å². The lowest BCUT2D eigenvalue weighted by Gasteiger charge is -2.26. The van der Waals surface area contributed by atoms with Gasteiger partial charge in [-0.15, -0.1) is 0 Å². The minimum atomic E-state index is -0.0956. The van der Waals surface area contributed by atoms with Crippen molar-refractivity contribution in [2.45, 2.75) is 13.5 Å². The number of carbonyl (C=O) groups excluding carboxylic acids is 1. The molecule has 3 heterocycles. The van der Waals surface area contributed by atoms with Gasteiger partial charge in [-0.2, -0.15) is 0 Å². The molecular formula is C20H23N5O2. The molecule has 0 atom stereocenters. The number of aromatic nitrogens is 3. The Morgan fingerprint density at radius 2 is 2.04 bits per heavy atom. The Morgan fingerprint density at radius 3 is 2.89 bits per heavy atom. The zero-order chi connectivity index (χ0) is 18.6. The number of hydrogen-bond acceptors (Lipinski definition) is 5. The van der Waals surface area contributed by atoms with E-state index in [1.165, 1.54) is 22.8 Å². The number of benzene rings is 1. The van der Waals surface area contributed by atoms with Crippen LogP contribution >= 0.6 is 0 Å². The second kappa shape index (κ2) is 7.75. The molecule has 27 heavy (non-hydrogen) atoms. The van der Waals surface area contributed by atoms with E-state index in [0.29, 0.717) is 44.4 Å². The van der Waals surface area contributed by atoms with Crippen LogP contribution in [-0.4, -0.2) is 58.2 Å². The third kappa shape index (κ3) is 3.78. The van der Waals surface area contributed by atoms with Gasteiger partial charge < -0.3 is 19.5 Å². The Kier molecular flexibility index (Phi) is 5.02. The lowest BCUT2D eigenvalue weighted by Crippen LogP contribution is -2.41. The fourth-order valence-electron chi connectivity index (χ4n) is 3.42. The van der Waals surface area contributed by atoms with Crippen molar-refractivity contribution in [1.82, 2.24) is 19.4 Å². The SMILES string of the molecule is Cc1cc2ccccc2n1CCNc1cncc(C(=O)N2CCOCC2)n1. The monoisotopic (exact) mass is 365 g/mol. The molecule has 1 aliphatic heterocycles. The predicted molar refractivity (Wildman–Crippen MR) is 104 cm³/mol. The van der Waals surface area contributed by atoms with Crippen LogP contribution in [0.1, 0.15) is 16.2 Å². The Morgan fingerprint density at radius 1 is 1.22 bits per heavy atom. The van der Waals surface area contributed by atoms with Gasteiger partial charge in [0.2, 0.25) is 0 Å². The summed E-state index contributed by atoms with van der Waals surface area (Å²) in [5.74, 6) is 0.518. The first-order chi connectivity index (χ1) is 13.2. The number of amides is 1. The molecule has 3 aromatic rings. The van der Waals surface area contributed by atoms with Crippen molar-refractivity contribution < 1.29 is 9.53 Å². The summed E-state index contributed by atoms with van der Waals surface area (Å²) in [5.41, 5.74) is 2.81. The van der Waals surface area contributed by atoms with Crippen LogP contribution in [0.15, 0.2) is 42.7 Å². The van der Waals surface area contributed by atoms with Crippen LogP contribution in [0.4, 0.5) is 5.82 Å². The van der Waals surface area contributed by atoms with Crippen LogP contribution < -0.4 is 5.32 Å². The van der Waals surface area contributed by atoms with E-state index in [4.69, 9.17) is 4.74 Å². The van der Waals surface area contributed by atoms with Crippen molar-refractivity contribution in [1.29, 1.82) is 0 Å². The molecule has 1 aromatic carbocycles. The highest BCUT2D eigenvalue weighted by atomic mass is 16.5. The molecule has 0 saturated carbocycles. The van der Waals surface area contributed by atoms with E-state index in [9.17, 15) is 4.79 Å². The average molecular weight is 365 g/mol. The van der Waals surface area contributed by atoms with Crippen molar-refractivity contribution >= 4 is 22.6 Å². The Bertz CT molecular complexity index is 946. The standard InChI is InChI=1S/C20H23N5O2/c1-15-12-16-4-2-3-5-18(16)25(15)7-6-22-19-14-21-13-17(23-19)20(26)24-8-10-27-11-9-24/h2-5,12-14H,6-11H2,1H3,(H,22,23). The lowest BCUT2D eigenvalue weighted by atomic mass is 10.2. The summed E-state index contributed by atoms with van der Waals surface area (Å²) < 4.78 is 7.57. The van der Waals surface area contributed by atoms with Gasteiger partial charge >= 0.3 is 0 Å². The number of ether oxygens (including phenoxy) is 1. The van der Waals surface area contributed by atoms with Crippen molar-refractivity contribution in [2.24, 2.45) is 0 Å². The van der Waals surface area contributed by atoms with E-state index in [1.807, 2.05) is 0 Å². The quantitative estimate of drug-likeness (QED) is 0.751. The number of nitrogens with zero attached hydrogens (tertiary/aromatic N) is 4. The summed E-state index contributed by atoms with van der Waals surface area (Å²) in [6, 6.07) is 10.5. The first kappa shape index (κ1) is 17.5. The van der Waals surface area contributed by atoms with Crippen LogP contribution in [-0.2, 0) is 11.3 Å². The van der Waals surface area contributed by atoms with Gasteiger partial charge in [0, 0.05) is 37.4 Å². The molecule has 0 bridgehead atoms. The Hall–Kier alpha value is -2.93. The van der Waals surface area contributed by atoms with Crippen LogP contribution in [0, 0.1) is 6.92 Å². The molecule has 1 amide bonds. The number of rotatable bonds is 5. The maximum absolute atomic E-state index is 12.5. The summed E-state index contributed by atoms with van der Waals surface area (Å²) in [6.45, 7) is 5.95. The topological polar surface area (TPSA) is 72.3 Å². The van der Waals surface area contributed by atoms with Gasteiger partial charge in [-0.3, -0.25) is 9.78 Å². The summed E-state index contributed by atoms with van der Waals surface area (Å²) >= 11 is 0. The molecular weight excluding hydrogens is 342 g/mol. The first-order valence-corrected chi connectivity index (χ1v) is 9.20. The molecule has 0 spiro atoms. The van der Waals surface area contributed by atoms with Crippen LogP contribution in [0.2, 0.25) is 0 Å². The number of morpholine rings is 1. The summed E-state index contributed by atoms with van der Waals surface area (Å²) in [4.78, 5) is 22.9. The molecule has 0 aliphatic carbocycles. The van der Waals surface area contributed by atoms with Gasteiger partial charge in [0.25, 0.3) is 5.91 Å². The van der Waals surface area contributed by atoms with E-state index in [-0.39, 0.29) is 5.91 Å². The second-order valence-corrected chi connectivity index (χ2v) is 6.62. The zero-order valence-corrected chi connectivity index (χ0v) is 15.4. The zero-order valence-electron chi connectivity index (χ0n) is 15.4. The predicted octanol–water partition coefficient (Wildman–Crippen LogP) is 2.32. The highest BCUT2D eigenvalue weighted by molar-refractivity contribution is 5.92. The Labute approximate surface area is 158 Å². The fourth-order valence-corrected chi connectivity index (χ4v) is 3.42. The van der Waals surface area contributed by atoms with E-state index in [0.717, 1.165) is 6.54 Å². The third-order valence-electron chi connectivity index (χ3n) is 4.81. The molecule has 0 radical (unpaired) electrons. The largest absolute Gasteiger partial charge is 0.378 e. The first-order valence-electron chi connectivity index (χ1n) is 9.20. The van der Waals surface area contributed by atoms with Crippen molar-refractivity contribution in [2.75, 3.05) is 38.2 Å². The average Bonchev–Trinajstić information content (AvgIpc) is 3.04. The second-order valence-electron chi connectivity index (χ2n) is 6.62. The smallest absolute Gasteiger partial charge is 0.274 e. The number of para-hydroxylation sites is 1. The normalized spacial score (nSPS) is 14.5. The molecule has 2 aromatic heterocycles. The minimum absolute atomic E-state index is 0.0956.